The number of nitrogens with two attached hydrogens (primary N) is 2. The van der Waals surface area contributed by atoms with Gasteiger partial charge in [0.2, 0.25) is 5.91 Å². The van der Waals surface area contributed by atoms with Crippen LogP contribution in [0.25, 0.3) is 0 Å². The van der Waals surface area contributed by atoms with Gasteiger partial charge in [-0.2, -0.15) is 0 Å². The van der Waals surface area contributed by atoms with Crippen LogP contribution in [0.5, 0.6) is 0 Å². The zero-order valence-corrected chi connectivity index (χ0v) is 7.33. The molecule has 1 rings (SSSR count). The molecule has 4 heteroatoms. The van der Waals surface area contributed by atoms with E-state index < -0.39 is 0 Å². The third kappa shape index (κ3) is 3.19. The van der Waals surface area contributed by atoms with Crippen molar-refractivity contribution in [1.82, 2.24) is 4.90 Å². The zero-order chi connectivity index (χ0) is 8.97. The molecular weight excluding hydrogens is 154 g/mol. The molecule has 4 N–H and O–H groups in total. The van der Waals surface area contributed by atoms with E-state index in [0.717, 1.165) is 13.1 Å². The van der Waals surface area contributed by atoms with E-state index >= 15 is 0 Å². The minimum Gasteiger partial charge on any atom is -0.370 e. The van der Waals surface area contributed by atoms with Gasteiger partial charge in [-0.1, -0.05) is 0 Å². The number of amides is 1. The van der Waals surface area contributed by atoms with Gasteiger partial charge in [0.05, 0.1) is 0 Å². The van der Waals surface area contributed by atoms with Crippen molar-refractivity contribution in [3.8, 4) is 0 Å². The van der Waals surface area contributed by atoms with Crippen molar-refractivity contribution in [2.75, 3.05) is 19.6 Å². The third-order valence-corrected chi connectivity index (χ3v) is 2.13. The Hall–Kier alpha value is -0.610. The summed E-state index contributed by atoms with van der Waals surface area (Å²) in [7, 11) is 0. The van der Waals surface area contributed by atoms with Crippen LogP contribution in [-0.2, 0) is 4.79 Å². The number of rotatable bonds is 6. The van der Waals surface area contributed by atoms with Crippen LogP contribution in [0.1, 0.15) is 19.3 Å². The van der Waals surface area contributed by atoms with Gasteiger partial charge in [-0.25, -0.2) is 0 Å². The summed E-state index contributed by atoms with van der Waals surface area (Å²) in [6.07, 6.45) is 2.95. The van der Waals surface area contributed by atoms with Crippen LogP contribution in [0.15, 0.2) is 0 Å². The fourth-order valence-electron chi connectivity index (χ4n) is 1.34. The SMILES string of the molecule is NCCN(CCC(N)=O)C1CC1. The van der Waals surface area contributed by atoms with E-state index in [0.29, 0.717) is 19.0 Å². The van der Waals surface area contributed by atoms with Crippen LogP contribution in [0.4, 0.5) is 0 Å². The average Bonchev–Trinajstić information content (AvgIpc) is 2.79. The lowest BCUT2D eigenvalue weighted by atomic mass is 10.3. The van der Waals surface area contributed by atoms with E-state index in [9.17, 15) is 4.79 Å². The van der Waals surface area contributed by atoms with Crippen LogP contribution in [-0.4, -0.2) is 36.5 Å². The first-order valence-corrected chi connectivity index (χ1v) is 4.46. The highest BCUT2D eigenvalue weighted by molar-refractivity contribution is 5.73. The Morgan fingerprint density at radius 3 is 2.50 bits per heavy atom. The average molecular weight is 171 g/mol. The number of carbonyl (C=O) groups excluding carboxylic acids is 1. The molecule has 0 aliphatic heterocycles. The first-order valence-electron chi connectivity index (χ1n) is 4.46. The van der Waals surface area contributed by atoms with Crippen LogP contribution >= 0.6 is 0 Å². The Kier molecular flexibility index (Phi) is 3.49. The summed E-state index contributed by atoms with van der Waals surface area (Å²) in [6, 6.07) is 0.674. The molecule has 0 unspecified atom stereocenters. The van der Waals surface area contributed by atoms with Crippen LogP contribution in [0.3, 0.4) is 0 Å². The summed E-state index contributed by atoms with van der Waals surface area (Å²) in [5.74, 6) is -0.224. The van der Waals surface area contributed by atoms with Crippen LogP contribution in [0.2, 0.25) is 0 Å². The summed E-state index contributed by atoms with van der Waals surface area (Å²) < 4.78 is 0. The van der Waals surface area contributed by atoms with Crippen molar-refractivity contribution in [2.45, 2.75) is 25.3 Å². The quantitative estimate of drug-likeness (QED) is 0.554. The van der Waals surface area contributed by atoms with Crippen LogP contribution in [0, 0.1) is 0 Å². The van der Waals surface area contributed by atoms with E-state index in [-0.39, 0.29) is 5.91 Å². The van der Waals surface area contributed by atoms with Gasteiger partial charge in [0.1, 0.15) is 0 Å². The van der Waals surface area contributed by atoms with Crippen molar-refractivity contribution in [1.29, 1.82) is 0 Å². The molecule has 4 nitrogen and oxygen atoms in total. The third-order valence-electron chi connectivity index (χ3n) is 2.13. The molecule has 0 atom stereocenters. The van der Waals surface area contributed by atoms with Crippen molar-refractivity contribution in [3.63, 3.8) is 0 Å². The second-order valence-electron chi connectivity index (χ2n) is 3.27. The fourth-order valence-corrected chi connectivity index (χ4v) is 1.34. The molecule has 0 radical (unpaired) electrons. The topological polar surface area (TPSA) is 72.3 Å². The molecule has 0 aromatic carbocycles. The lowest BCUT2D eigenvalue weighted by Gasteiger charge is -2.19. The first-order chi connectivity index (χ1) is 5.74. The predicted molar refractivity (Wildman–Crippen MR) is 47.5 cm³/mol. The van der Waals surface area contributed by atoms with Crippen molar-refractivity contribution in [2.24, 2.45) is 11.5 Å². The first kappa shape index (κ1) is 9.48. The lowest BCUT2D eigenvalue weighted by molar-refractivity contribution is -0.118. The number of hydrogen-bond donors (Lipinski definition) is 2. The van der Waals surface area contributed by atoms with Gasteiger partial charge in [-0.15, -0.1) is 0 Å². The summed E-state index contributed by atoms with van der Waals surface area (Å²) in [5, 5.41) is 0. The van der Waals surface area contributed by atoms with Crippen LogP contribution < -0.4 is 11.5 Å². The van der Waals surface area contributed by atoms with Crippen molar-refractivity contribution < 1.29 is 4.79 Å². The molecule has 1 saturated carbocycles. The minimum absolute atomic E-state index is 0.224. The maximum absolute atomic E-state index is 10.5. The van der Waals surface area contributed by atoms with Gasteiger partial charge in [0.25, 0.3) is 0 Å². The molecule has 1 aliphatic rings. The normalized spacial score (nSPS) is 16.8. The Balaban J connectivity index is 2.18. The van der Waals surface area contributed by atoms with E-state index in [1.165, 1.54) is 12.8 Å². The molecule has 0 aromatic heterocycles. The summed E-state index contributed by atoms with van der Waals surface area (Å²) in [5.41, 5.74) is 10.5. The highest BCUT2D eigenvalue weighted by atomic mass is 16.1. The molecule has 0 saturated heterocycles. The molecule has 0 spiro atoms. The molecule has 0 aromatic rings. The van der Waals surface area contributed by atoms with Gasteiger partial charge >= 0.3 is 0 Å². The van der Waals surface area contributed by atoms with E-state index in [4.69, 9.17) is 11.5 Å². The maximum Gasteiger partial charge on any atom is 0.218 e. The van der Waals surface area contributed by atoms with Gasteiger partial charge in [-0.05, 0) is 12.8 Å². The number of hydrogen-bond acceptors (Lipinski definition) is 3. The van der Waals surface area contributed by atoms with Gasteiger partial charge in [-0.3, -0.25) is 9.69 Å². The van der Waals surface area contributed by atoms with Crippen molar-refractivity contribution in [3.05, 3.63) is 0 Å². The van der Waals surface area contributed by atoms with E-state index in [2.05, 4.69) is 4.90 Å². The molecule has 1 amide bonds. The van der Waals surface area contributed by atoms with E-state index in [1.54, 1.807) is 0 Å². The number of carbonyl (C=O) groups is 1. The fraction of sp³-hybridized carbons (Fsp3) is 0.875. The molecule has 0 bridgehead atoms. The monoisotopic (exact) mass is 171 g/mol. The molecule has 1 fully saturated rings. The van der Waals surface area contributed by atoms with Gasteiger partial charge in [0.15, 0.2) is 0 Å². The molecule has 70 valence electrons. The van der Waals surface area contributed by atoms with E-state index in [1.807, 2.05) is 0 Å². The zero-order valence-electron chi connectivity index (χ0n) is 7.33. The Bertz CT molecular complexity index is 156. The molecule has 0 heterocycles. The standard InChI is InChI=1S/C8H17N3O/c9-4-6-11(7-1-2-7)5-3-8(10)12/h7H,1-6,9H2,(H2,10,12). The molecular formula is C8H17N3O. The second-order valence-corrected chi connectivity index (χ2v) is 3.27. The molecule has 12 heavy (non-hydrogen) atoms. The maximum atomic E-state index is 10.5. The van der Waals surface area contributed by atoms with Gasteiger partial charge in [0, 0.05) is 32.1 Å². The highest BCUT2D eigenvalue weighted by Crippen LogP contribution is 2.26. The lowest BCUT2D eigenvalue weighted by Crippen LogP contribution is -2.34. The summed E-state index contributed by atoms with van der Waals surface area (Å²) in [6.45, 7) is 2.32. The number of nitrogens with zero attached hydrogens (tertiary/aromatic N) is 1. The Morgan fingerprint density at radius 2 is 2.08 bits per heavy atom. The summed E-state index contributed by atoms with van der Waals surface area (Å²) in [4.78, 5) is 12.8. The van der Waals surface area contributed by atoms with Crippen molar-refractivity contribution >= 4 is 5.91 Å². The minimum atomic E-state index is -0.224. The second kappa shape index (κ2) is 4.42. The summed E-state index contributed by atoms with van der Waals surface area (Å²) >= 11 is 0. The molecule has 1 aliphatic carbocycles. The smallest absolute Gasteiger partial charge is 0.218 e. The number of primary amides is 1. The Morgan fingerprint density at radius 1 is 1.42 bits per heavy atom. The largest absolute Gasteiger partial charge is 0.370 e. The Labute approximate surface area is 72.9 Å². The van der Waals surface area contributed by atoms with Gasteiger partial charge < -0.3 is 11.5 Å². The predicted octanol–water partition coefficient (Wildman–Crippen LogP) is -0.715. The highest BCUT2D eigenvalue weighted by Gasteiger charge is 2.27.